The Bertz CT molecular complexity index is 490. The highest BCUT2D eigenvalue weighted by atomic mass is 15.3. The van der Waals surface area contributed by atoms with Crippen molar-refractivity contribution in [3.05, 3.63) is 29.8 Å². The molecule has 114 valence electrons. The molecule has 2 heteroatoms. The van der Waals surface area contributed by atoms with E-state index in [-0.39, 0.29) is 0 Å². The first-order chi connectivity index (χ1) is 10.3. The van der Waals surface area contributed by atoms with Crippen LogP contribution in [0.1, 0.15) is 38.2 Å². The van der Waals surface area contributed by atoms with Crippen molar-refractivity contribution in [1.29, 1.82) is 0 Å². The van der Waals surface area contributed by atoms with E-state index in [2.05, 4.69) is 41.0 Å². The van der Waals surface area contributed by atoms with Gasteiger partial charge in [0, 0.05) is 37.9 Å². The minimum atomic E-state index is 0.923. The van der Waals surface area contributed by atoms with Crippen LogP contribution in [0.25, 0.3) is 0 Å². The smallest absolute Gasteiger partial charge is 0.0399 e. The van der Waals surface area contributed by atoms with Crippen molar-refractivity contribution in [2.75, 3.05) is 31.1 Å². The van der Waals surface area contributed by atoms with Gasteiger partial charge < -0.3 is 4.90 Å². The molecule has 3 atom stereocenters. The van der Waals surface area contributed by atoms with E-state index in [1.54, 1.807) is 0 Å². The molecule has 3 aliphatic rings. The highest BCUT2D eigenvalue weighted by molar-refractivity contribution is 5.54. The maximum absolute atomic E-state index is 2.81. The third kappa shape index (κ3) is 2.48. The van der Waals surface area contributed by atoms with Crippen LogP contribution in [-0.2, 0) is 6.42 Å². The predicted molar refractivity (Wildman–Crippen MR) is 88.8 cm³/mol. The number of aryl methyl sites for hydroxylation is 1. The van der Waals surface area contributed by atoms with E-state index in [1.165, 1.54) is 63.1 Å². The molecule has 0 N–H and O–H groups in total. The van der Waals surface area contributed by atoms with Crippen LogP contribution in [0.2, 0.25) is 0 Å². The van der Waals surface area contributed by atoms with Gasteiger partial charge in [-0.1, -0.05) is 31.5 Å². The topological polar surface area (TPSA) is 6.48 Å². The summed E-state index contributed by atoms with van der Waals surface area (Å²) in [5.41, 5.74) is 2.98. The zero-order valence-corrected chi connectivity index (χ0v) is 13.3. The molecule has 2 nitrogen and oxygen atoms in total. The number of hydrogen-bond acceptors (Lipinski definition) is 2. The lowest BCUT2D eigenvalue weighted by Gasteiger charge is -2.42. The Morgan fingerprint density at radius 2 is 1.81 bits per heavy atom. The molecule has 3 fully saturated rings. The molecule has 1 aromatic rings. The molecule has 1 heterocycles. The second-order valence-corrected chi connectivity index (χ2v) is 7.25. The fourth-order valence-corrected chi connectivity index (χ4v) is 5.07. The first-order valence-corrected chi connectivity index (χ1v) is 8.92. The van der Waals surface area contributed by atoms with Gasteiger partial charge in [0.15, 0.2) is 0 Å². The van der Waals surface area contributed by atoms with Crippen molar-refractivity contribution in [1.82, 2.24) is 4.90 Å². The van der Waals surface area contributed by atoms with Gasteiger partial charge in [-0.15, -0.1) is 0 Å². The van der Waals surface area contributed by atoms with Crippen LogP contribution >= 0.6 is 0 Å². The molecule has 0 aromatic heterocycles. The maximum atomic E-state index is 2.81. The lowest BCUT2D eigenvalue weighted by molar-refractivity contribution is 0.135. The fraction of sp³-hybridized carbons (Fsp3) is 0.684. The molecule has 2 aliphatic carbocycles. The molecule has 0 amide bonds. The molecule has 1 aliphatic heterocycles. The second kappa shape index (κ2) is 5.64. The van der Waals surface area contributed by atoms with E-state index in [0.29, 0.717) is 0 Å². The van der Waals surface area contributed by atoms with Crippen molar-refractivity contribution in [2.24, 2.45) is 11.8 Å². The number of benzene rings is 1. The molecule has 1 aromatic carbocycles. The Labute approximate surface area is 129 Å². The second-order valence-electron chi connectivity index (χ2n) is 7.25. The summed E-state index contributed by atoms with van der Waals surface area (Å²) in [6, 6.07) is 9.89. The van der Waals surface area contributed by atoms with Crippen LogP contribution in [0, 0.1) is 11.8 Å². The van der Waals surface area contributed by atoms with Crippen LogP contribution in [0.3, 0.4) is 0 Å². The summed E-state index contributed by atoms with van der Waals surface area (Å²) in [6.45, 7) is 7.23. The quantitative estimate of drug-likeness (QED) is 0.837. The molecule has 1 saturated heterocycles. The normalized spacial score (nSPS) is 32.8. The lowest BCUT2D eigenvalue weighted by atomic mass is 9.93. The van der Waals surface area contributed by atoms with E-state index >= 15 is 0 Å². The van der Waals surface area contributed by atoms with Crippen molar-refractivity contribution < 1.29 is 0 Å². The van der Waals surface area contributed by atoms with Crippen LogP contribution in [0.15, 0.2) is 24.3 Å². The summed E-state index contributed by atoms with van der Waals surface area (Å²) in [6.07, 6.45) is 7.20. The summed E-state index contributed by atoms with van der Waals surface area (Å²) in [7, 11) is 0. The van der Waals surface area contributed by atoms with Gasteiger partial charge in [-0.25, -0.2) is 0 Å². The Kier molecular flexibility index (Phi) is 3.66. The molecule has 4 rings (SSSR count). The number of anilines is 1. The van der Waals surface area contributed by atoms with Gasteiger partial charge >= 0.3 is 0 Å². The third-order valence-corrected chi connectivity index (χ3v) is 6.20. The van der Waals surface area contributed by atoms with Gasteiger partial charge in [-0.05, 0) is 49.1 Å². The Morgan fingerprint density at radius 1 is 1.00 bits per heavy atom. The predicted octanol–water partition coefficient (Wildman–Crippen LogP) is 3.56. The highest BCUT2D eigenvalue weighted by Gasteiger charge is 2.42. The van der Waals surface area contributed by atoms with Crippen LogP contribution in [0.5, 0.6) is 0 Å². The molecular weight excluding hydrogens is 256 g/mol. The summed E-state index contributed by atoms with van der Waals surface area (Å²) in [4.78, 5) is 5.43. The minimum absolute atomic E-state index is 0.923. The number of piperazine rings is 1. The van der Waals surface area contributed by atoms with Crippen molar-refractivity contribution in [3.63, 3.8) is 0 Å². The maximum Gasteiger partial charge on any atom is 0.0399 e. The van der Waals surface area contributed by atoms with Gasteiger partial charge in [-0.2, -0.15) is 0 Å². The van der Waals surface area contributed by atoms with Gasteiger partial charge in [0.1, 0.15) is 0 Å². The number of hydrogen-bond donors (Lipinski definition) is 0. The SMILES string of the molecule is CCc1ccccc1N1CCN([C@@H]2C[C@H]3CC[C@H]2C3)CC1. The van der Waals surface area contributed by atoms with Gasteiger partial charge in [-0.3, -0.25) is 4.90 Å². The summed E-state index contributed by atoms with van der Waals surface area (Å²) < 4.78 is 0. The van der Waals surface area contributed by atoms with E-state index in [9.17, 15) is 0 Å². The van der Waals surface area contributed by atoms with E-state index in [0.717, 1.165) is 24.3 Å². The first-order valence-electron chi connectivity index (χ1n) is 8.92. The fourth-order valence-electron chi connectivity index (χ4n) is 5.07. The summed E-state index contributed by atoms with van der Waals surface area (Å²) >= 11 is 0. The summed E-state index contributed by atoms with van der Waals surface area (Å²) in [5.74, 6) is 2.10. The Balaban J connectivity index is 1.40. The van der Waals surface area contributed by atoms with E-state index < -0.39 is 0 Å². The Hall–Kier alpha value is -1.02. The van der Waals surface area contributed by atoms with Crippen molar-refractivity contribution in [2.45, 2.75) is 45.1 Å². The van der Waals surface area contributed by atoms with E-state index in [4.69, 9.17) is 0 Å². The van der Waals surface area contributed by atoms with Crippen LogP contribution in [-0.4, -0.2) is 37.1 Å². The van der Waals surface area contributed by atoms with Gasteiger partial charge in [0.25, 0.3) is 0 Å². The van der Waals surface area contributed by atoms with E-state index in [1.807, 2.05) is 0 Å². The van der Waals surface area contributed by atoms with Crippen LogP contribution < -0.4 is 4.90 Å². The average Bonchev–Trinajstić information content (AvgIpc) is 3.18. The van der Waals surface area contributed by atoms with Crippen molar-refractivity contribution >= 4 is 5.69 Å². The number of para-hydroxylation sites is 1. The lowest BCUT2D eigenvalue weighted by Crippen LogP contribution is -2.52. The molecule has 2 saturated carbocycles. The molecule has 0 radical (unpaired) electrons. The largest absolute Gasteiger partial charge is 0.369 e. The number of nitrogens with zero attached hydrogens (tertiary/aromatic N) is 2. The molecule has 21 heavy (non-hydrogen) atoms. The number of fused-ring (bicyclic) bond motifs is 2. The average molecular weight is 284 g/mol. The van der Waals surface area contributed by atoms with Crippen molar-refractivity contribution in [3.8, 4) is 0 Å². The highest BCUT2D eigenvalue weighted by Crippen LogP contribution is 2.46. The summed E-state index contributed by atoms with van der Waals surface area (Å²) in [5, 5.41) is 0. The van der Waals surface area contributed by atoms with Gasteiger partial charge in [0.2, 0.25) is 0 Å². The third-order valence-electron chi connectivity index (χ3n) is 6.20. The first kappa shape index (κ1) is 13.6. The zero-order valence-electron chi connectivity index (χ0n) is 13.3. The molecule has 2 bridgehead atoms. The van der Waals surface area contributed by atoms with Gasteiger partial charge in [0.05, 0.1) is 0 Å². The minimum Gasteiger partial charge on any atom is -0.369 e. The molecule has 0 spiro atoms. The standard InChI is InChI=1S/C19H28N2/c1-2-16-5-3-4-6-18(16)20-9-11-21(12-10-20)19-14-15-7-8-17(19)13-15/h3-6,15,17,19H,2,7-14H2,1H3/t15-,17-,19+/m0/s1. The number of rotatable bonds is 3. The molecular formula is C19H28N2. The zero-order chi connectivity index (χ0) is 14.2. The monoisotopic (exact) mass is 284 g/mol. The molecule has 0 unspecified atom stereocenters. The van der Waals surface area contributed by atoms with Crippen LogP contribution in [0.4, 0.5) is 5.69 Å². The Morgan fingerprint density at radius 3 is 2.48 bits per heavy atom.